The van der Waals surface area contributed by atoms with Crippen molar-refractivity contribution >= 4 is 5.70 Å². The highest BCUT2D eigenvalue weighted by molar-refractivity contribution is 5.65. The van der Waals surface area contributed by atoms with Gasteiger partial charge in [0, 0.05) is 24.1 Å². The lowest BCUT2D eigenvalue weighted by molar-refractivity contribution is 0.265. The minimum absolute atomic E-state index is 0.216. The highest BCUT2D eigenvalue weighted by atomic mass is 16.5. The van der Waals surface area contributed by atoms with E-state index in [4.69, 9.17) is 10.5 Å². The second-order valence-electron chi connectivity index (χ2n) is 5.94. The number of aliphatic hydroxyl groups is 1. The first-order valence-corrected chi connectivity index (χ1v) is 8.76. The summed E-state index contributed by atoms with van der Waals surface area (Å²) in [6.45, 7) is 6.36. The van der Waals surface area contributed by atoms with Crippen LogP contribution in [0.1, 0.15) is 52.0 Å². The molecule has 1 aromatic rings. The van der Waals surface area contributed by atoms with Crippen molar-refractivity contribution in [2.45, 2.75) is 46.5 Å². The predicted molar refractivity (Wildman–Crippen MR) is 102 cm³/mol. The van der Waals surface area contributed by atoms with Gasteiger partial charge in [0.1, 0.15) is 5.76 Å². The maximum atomic E-state index is 10.4. The SMILES string of the molecule is CCC.CCC1C=C(OC)CC/C1=C(O)/C=C(\N)c1ccccc1. The molecule has 24 heavy (non-hydrogen) atoms. The van der Waals surface area contributed by atoms with Crippen LogP contribution in [0.15, 0.2) is 59.6 Å². The summed E-state index contributed by atoms with van der Waals surface area (Å²) in [7, 11) is 1.69. The van der Waals surface area contributed by atoms with Crippen molar-refractivity contribution in [3.05, 3.63) is 65.1 Å². The van der Waals surface area contributed by atoms with Crippen molar-refractivity contribution in [2.24, 2.45) is 11.7 Å². The second kappa shape index (κ2) is 10.6. The molecule has 0 aliphatic heterocycles. The van der Waals surface area contributed by atoms with E-state index in [1.54, 1.807) is 13.2 Å². The predicted octanol–water partition coefficient (Wildman–Crippen LogP) is 5.56. The van der Waals surface area contributed by atoms with Crippen molar-refractivity contribution in [1.29, 1.82) is 0 Å². The van der Waals surface area contributed by atoms with Gasteiger partial charge < -0.3 is 15.6 Å². The van der Waals surface area contributed by atoms with Crippen LogP contribution >= 0.6 is 0 Å². The fourth-order valence-electron chi connectivity index (χ4n) is 2.66. The first kappa shape index (κ1) is 19.9. The van der Waals surface area contributed by atoms with Crippen LogP contribution in [0.5, 0.6) is 0 Å². The molecule has 1 aromatic carbocycles. The molecule has 0 saturated carbocycles. The van der Waals surface area contributed by atoms with Crippen LogP contribution in [0.2, 0.25) is 0 Å². The lowest BCUT2D eigenvalue weighted by Crippen LogP contribution is -2.11. The van der Waals surface area contributed by atoms with Crippen molar-refractivity contribution in [2.75, 3.05) is 7.11 Å². The Balaban J connectivity index is 0.000000891. The van der Waals surface area contributed by atoms with Gasteiger partial charge in [-0.05, 0) is 30.1 Å². The molecule has 0 aromatic heterocycles. The average molecular weight is 329 g/mol. The van der Waals surface area contributed by atoms with E-state index < -0.39 is 0 Å². The Kier molecular flexibility index (Phi) is 8.77. The monoisotopic (exact) mass is 329 g/mol. The molecule has 132 valence electrons. The van der Waals surface area contributed by atoms with E-state index in [0.29, 0.717) is 5.70 Å². The van der Waals surface area contributed by atoms with Crippen molar-refractivity contribution < 1.29 is 9.84 Å². The molecular weight excluding hydrogens is 298 g/mol. The fourth-order valence-corrected chi connectivity index (χ4v) is 2.66. The lowest BCUT2D eigenvalue weighted by Gasteiger charge is -2.23. The number of hydrogen-bond donors (Lipinski definition) is 2. The van der Waals surface area contributed by atoms with Gasteiger partial charge in [-0.2, -0.15) is 0 Å². The molecule has 0 heterocycles. The largest absolute Gasteiger partial charge is 0.508 e. The standard InChI is InChI=1S/C18H23NO2.C3H8/c1-3-13-11-15(21-2)9-10-16(13)18(20)12-17(19)14-7-5-4-6-8-14;1-3-2/h4-8,11-13,20H,3,9-10,19H2,1-2H3;3H2,1-2H3/b17-12-,18-16+;. The zero-order chi connectivity index (χ0) is 17.9. The quantitative estimate of drug-likeness (QED) is 0.710. The zero-order valence-corrected chi connectivity index (χ0v) is 15.4. The third-order valence-electron chi connectivity index (χ3n) is 3.91. The zero-order valence-electron chi connectivity index (χ0n) is 15.4. The number of rotatable bonds is 4. The normalized spacial score (nSPS) is 19.8. The number of ether oxygens (including phenoxy) is 1. The van der Waals surface area contributed by atoms with Crippen molar-refractivity contribution in [1.82, 2.24) is 0 Å². The third kappa shape index (κ3) is 5.80. The Morgan fingerprint density at radius 3 is 2.38 bits per heavy atom. The van der Waals surface area contributed by atoms with Gasteiger partial charge in [-0.25, -0.2) is 0 Å². The van der Waals surface area contributed by atoms with Gasteiger partial charge in [0.15, 0.2) is 0 Å². The number of benzene rings is 1. The van der Waals surface area contributed by atoms with E-state index in [2.05, 4.69) is 26.8 Å². The topological polar surface area (TPSA) is 55.5 Å². The fraction of sp³-hybridized carbons (Fsp3) is 0.429. The summed E-state index contributed by atoms with van der Waals surface area (Å²) in [5.74, 6) is 1.50. The Labute approximate surface area is 146 Å². The van der Waals surface area contributed by atoms with Crippen molar-refractivity contribution in [3.8, 4) is 0 Å². The first-order chi connectivity index (χ1) is 11.6. The summed E-state index contributed by atoms with van der Waals surface area (Å²) in [6.07, 6.45) is 7.58. The molecule has 3 N–H and O–H groups in total. The summed E-state index contributed by atoms with van der Waals surface area (Å²) in [5.41, 5.74) is 8.61. The van der Waals surface area contributed by atoms with E-state index in [0.717, 1.165) is 36.2 Å². The van der Waals surface area contributed by atoms with E-state index in [9.17, 15) is 5.11 Å². The number of nitrogens with two attached hydrogens (primary N) is 1. The van der Waals surface area contributed by atoms with Crippen LogP contribution in [-0.2, 0) is 4.74 Å². The second-order valence-corrected chi connectivity index (χ2v) is 5.94. The molecule has 1 aliphatic rings. The molecule has 2 rings (SSSR count). The molecule has 0 fully saturated rings. The maximum Gasteiger partial charge on any atom is 0.117 e. The third-order valence-corrected chi connectivity index (χ3v) is 3.91. The van der Waals surface area contributed by atoms with Gasteiger partial charge >= 0.3 is 0 Å². The minimum atomic E-state index is 0.216. The molecule has 0 amide bonds. The molecule has 3 nitrogen and oxygen atoms in total. The molecule has 1 unspecified atom stereocenters. The smallest absolute Gasteiger partial charge is 0.117 e. The van der Waals surface area contributed by atoms with Crippen LogP contribution < -0.4 is 5.73 Å². The van der Waals surface area contributed by atoms with E-state index in [1.165, 1.54) is 6.42 Å². The van der Waals surface area contributed by atoms with Gasteiger partial charge in [0.05, 0.1) is 12.9 Å². The molecule has 3 heteroatoms. The molecule has 0 spiro atoms. The molecule has 0 saturated heterocycles. The average Bonchev–Trinajstić information content (AvgIpc) is 2.62. The van der Waals surface area contributed by atoms with Gasteiger partial charge in [-0.1, -0.05) is 57.5 Å². The summed E-state index contributed by atoms with van der Waals surface area (Å²) in [5, 5.41) is 10.4. The van der Waals surface area contributed by atoms with Gasteiger partial charge in [-0.15, -0.1) is 0 Å². The van der Waals surface area contributed by atoms with Gasteiger partial charge in [0.25, 0.3) is 0 Å². The molecule has 0 bridgehead atoms. The summed E-state index contributed by atoms with van der Waals surface area (Å²) in [4.78, 5) is 0. The molecule has 1 atom stereocenters. The Morgan fingerprint density at radius 1 is 1.21 bits per heavy atom. The Bertz CT molecular complexity index is 585. The number of aliphatic hydroxyl groups excluding tert-OH is 1. The van der Waals surface area contributed by atoms with Gasteiger partial charge in [-0.3, -0.25) is 0 Å². The van der Waals surface area contributed by atoms with E-state index >= 15 is 0 Å². The van der Waals surface area contributed by atoms with E-state index in [1.807, 2.05) is 30.3 Å². The van der Waals surface area contributed by atoms with Crippen LogP contribution in [0.25, 0.3) is 5.70 Å². The highest BCUT2D eigenvalue weighted by Crippen LogP contribution is 2.33. The summed E-state index contributed by atoms with van der Waals surface area (Å²) < 4.78 is 5.32. The Morgan fingerprint density at radius 2 is 1.83 bits per heavy atom. The van der Waals surface area contributed by atoms with Crippen LogP contribution in [0, 0.1) is 5.92 Å². The van der Waals surface area contributed by atoms with Crippen LogP contribution in [-0.4, -0.2) is 12.2 Å². The van der Waals surface area contributed by atoms with Crippen molar-refractivity contribution in [3.63, 3.8) is 0 Å². The van der Waals surface area contributed by atoms with E-state index in [-0.39, 0.29) is 11.7 Å². The van der Waals surface area contributed by atoms with Crippen LogP contribution in [0.3, 0.4) is 0 Å². The first-order valence-electron chi connectivity index (χ1n) is 8.76. The highest BCUT2D eigenvalue weighted by Gasteiger charge is 2.20. The number of hydrogen-bond acceptors (Lipinski definition) is 3. The maximum absolute atomic E-state index is 10.4. The molecule has 0 radical (unpaired) electrons. The molecule has 1 aliphatic carbocycles. The van der Waals surface area contributed by atoms with Gasteiger partial charge in [0.2, 0.25) is 0 Å². The summed E-state index contributed by atoms with van der Waals surface area (Å²) in [6, 6.07) is 9.68. The number of allylic oxidation sites excluding steroid dienone is 4. The van der Waals surface area contributed by atoms with Crippen LogP contribution in [0.4, 0.5) is 0 Å². The lowest BCUT2D eigenvalue weighted by atomic mass is 9.86. The Hall–Kier alpha value is -2.16. The number of methoxy groups -OCH3 is 1. The minimum Gasteiger partial charge on any atom is -0.508 e. The molecular formula is C21H31NO2. The summed E-state index contributed by atoms with van der Waals surface area (Å²) >= 11 is 0.